The minimum Gasteiger partial charge on any atom is -0.432 e. The van der Waals surface area contributed by atoms with E-state index >= 15 is 0 Å². The van der Waals surface area contributed by atoms with E-state index in [-0.39, 0.29) is 55.3 Å². The molecule has 0 aromatic heterocycles. The number of carbonyl (C=O) groups excluding carboxylic acids is 1. The molecule has 2 nitrogen and oxygen atoms in total. The van der Waals surface area contributed by atoms with Gasteiger partial charge < -0.3 is 4.74 Å². The first-order chi connectivity index (χ1) is 5.34. The van der Waals surface area contributed by atoms with Crippen LogP contribution in [0.25, 0.3) is 0 Å². The predicted molar refractivity (Wildman–Crippen MR) is 42.1 cm³/mol. The van der Waals surface area contributed by atoms with E-state index < -0.39 is 0 Å². The minimum atomic E-state index is -0.374. The van der Waals surface area contributed by atoms with Gasteiger partial charge in [0.2, 0.25) is 0 Å². The molecule has 0 aliphatic carbocycles. The van der Waals surface area contributed by atoms with Gasteiger partial charge in [-0.25, -0.2) is 4.79 Å². The molecule has 0 saturated heterocycles. The monoisotopic (exact) mass is 301 g/mol. The van der Waals surface area contributed by atoms with Crippen molar-refractivity contribution >= 4 is 5.97 Å². The first-order valence-corrected chi connectivity index (χ1v) is 3.21. The predicted octanol–water partition coefficient (Wildman–Crippen LogP) is 1.99. The molecule has 1 aromatic carbocycles. The van der Waals surface area contributed by atoms with Crippen molar-refractivity contribution in [2.24, 2.45) is 0 Å². The Labute approximate surface area is 112 Å². The van der Waals surface area contributed by atoms with Gasteiger partial charge in [0, 0.05) is 49.4 Å². The summed E-state index contributed by atoms with van der Waals surface area (Å²) in [5, 5.41) is 0. The first kappa shape index (κ1) is 12.0. The summed E-state index contributed by atoms with van der Waals surface area (Å²) in [6.45, 7) is 3.28. The van der Waals surface area contributed by atoms with E-state index in [1.54, 1.807) is 24.3 Å². The molecule has 0 N–H and O–H groups in total. The van der Waals surface area contributed by atoms with Gasteiger partial charge in [-0.05, 0) is 12.1 Å². The van der Waals surface area contributed by atoms with E-state index in [4.69, 9.17) is 0 Å². The molecule has 0 fully saturated rings. The normalized spacial score (nSPS) is 8.00. The van der Waals surface area contributed by atoms with Crippen molar-refractivity contribution in [1.29, 1.82) is 0 Å². The summed E-state index contributed by atoms with van der Waals surface area (Å²) >= 11 is 0. The third kappa shape index (κ3) is 3.61. The van der Waals surface area contributed by atoms with Crippen molar-refractivity contribution in [1.82, 2.24) is 0 Å². The zero-order chi connectivity index (χ0) is 8.10. The van der Waals surface area contributed by atoms with Gasteiger partial charge in [0.25, 0.3) is 0 Å². The van der Waals surface area contributed by atoms with Crippen LogP contribution in [0.1, 0.15) is 10.4 Å². The summed E-state index contributed by atoms with van der Waals surface area (Å²) in [5.74, 6) is -0.374. The van der Waals surface area contributed by atoms with E-state index in [9.17, 15) is 4.79 Å². The SMILES string of the molecule is C=COC(=O)c1ccccc1.[Eu]. The summed E-state index contributed by atoms with van der Waals surface area (Å²) in [6.07, 6.45) is 1.12. The molecule has 0 saturated carbocycles. The van der Waals surface area contributed by atoms with E-state index in [0.29, 0.717) is 5.56 Å². The van der Waals surface area contributed by atoms with Gasteiger partial charge in [-0.3, -0.25) is 0 Å². The summed E-state index contributed by atoms with van der Waals surface area (Å²) in [7, 11) is 0. The van der Waals surface area contributed by atoms with Gasteiger partial charge in [-0.15, -0.1) is 0 Å². The van der Waals surface area contributed by atoms with Crippen LogP contribution >= 0.6 is 0 Å². The van der Waals surface area contributed by atoms with Crippen molar-refractivity contribution in [3.63, 3.8) is 0 Å². The Balaban J connectivity index is 0.00000121. The number of carbonyl (C=O) groups is 1. The fourth-order valence-electron chi connectivity index (χ4n) is 0.718. The summed E-state index contributed by atoms with van der Waals surface area (Å²) in [4.78, 5) is 11.0. The third-order valence-electron chi connectivity index (χ3n) is 1.20. The van der Waals surface area contributed by atoms with E-state index in [1.807, 2.05) is 6.07 Å². The molecule has 12 heavy (non-hydrogen) atoms. The van der Waals surface area contributed by atoms with Crippen molar-refractivity contribution in [2.45, 2.75) is 0 Å². The number of hydrogen-bond donors (Lipinski definition) is 0. The second-order valence-electron chi connectivity index (χ2n) is 1.94. The van der Waals surface area contributed by atoms with Crippen molar-refractivity contribution in [3.05, 3.63) is 48.7 Å². The molecule has 0 aliphatic rings. The van der Waals surface area contributed by atoms with Crippen LogP contribution in [-0.4, -0.2) is 5.97 Å². The molecule has 0 heterocycles. The Bertz CT molecular complexity index is 256. The Morgan fingerprint density at radius 2 is 1.92 bits per heavy atom. The second-order valence-corrected chi connectivity index (χ2v) is 1.94. The van der Waals surface area contributed by atoms with Crippen molar-refractivity contribution < 1.29 is 58.9 Å². The molecule has 63 valence electrons. The largest absolute Gasteiger partial charge is 0.432 e. The summed E-state index contributed by atoms with van der Waals surface area (Å²) in [6, 6.07) is 8.77. The number of ether oxygens (including phenoxy) is 1. The van der Waals surface area contributed by atoms with Gasteiger partial charge in [0.1, 0.15) is 0 Å². The molecule has 0 unspecified atom stereocenters. The van der Waals surface area contributed by atoms with Gasteiger partial charge in [0.15, 0.2) is 0 Å². The molecule has 0 bridgehead atoms. The average molecular weight is 300 g/mol. The second kappa shape index (κ2) is 6.52. The van der Waals surface area contributed by atoms with Gasteiger partial charge >= 0.3 is 5.97 Å². The maximum absolute atomic E-state index is 11.0. The van der Waals surface area contributed by atoms with Crippen LogP contribution < -0.4 is 0 Å². The van der Waals surface area contributed by atoms with Crippen molar-refractivity contribution in [3.8, 4) is 0 Å². The van der Waals surface area contributed by atoms with Crippen molar-refractivity contribution in [2.75, 3.05) is 0 Å². The van der Waals surface area contributed by atoms with Gasteiger partial charge in [-0.2, -0.15) is 0 Å². The zero-order valence-corrected chi connectivity index (χ0v) is 8.79. The van der Waals surface area contributed by atoms with Crippen LogP contribution in [0.4, 0.5) is 0 Å². The standard InChI is InChI=1S/C9H8O2.Eu/c1-2-11-9(10)8-6-4-3-5-7-8;/h2-7H,1H2;. The smallest absolute Gasteiger partial charge is 0.342 e. The fraction of sp³-hybridized carbons (Fsp3) is 0. The maximum Gasteiger partial charge on any atom is 0.342 e. The van der Waals surface area contributed by atoms with E-state index in [2.05, 4.69) is 11.3 Å². The molecule has 1 rings (SSSR count). The summed E-state index contributed by atoms with van der Waals surface area (Å²) < 4.78 is 4.55. The molecular formula is C9H8EuO2. The fourth-order valence-corrected chi connectivity index (χ4v) is 0.718. The molecule has 0 spiro atoms. The Hall–Kier alpha value is 0.0144. The Morgan fingerprint density at radius 1 is 1.33 bits per heavy atom. The topological polar surface area (TPSA) is 26.3 Å². The van der Waals surface area contributed by atoms with E-state index in [1.165, 1.54) is 0 Å². The Morgan fingerprint density at radius 3 is 2.42 bits per heavy atom. The maximum atomic E-state index is 11.0. The van der Waals surface area contributed by atoms with Gasteiger partial charge in [-0.1, -0.05) is 24.8 Å². The van der Waals surface area contributed by atoms with Gasteiger partial charge in [0.05, 0.1) is 11.8 Å². The van der Waals surface area contributed by atoms with Crippen LogP contribution in [-0.2, 0) is 4.74 Å². The zero-order valence-electron chi connectivity index (χ0n) is 6.37. The molecule has 3 heteroatoms. The molecular weight excluding hydrogens is 292 g/mol. The average Bonchev–Trinajstić information content (AvgIpc) is 2.07. The number of benzene rings is 1. The number of rotatable bonds is 2. The first-order valence-electron chi connectivity index (χ1n) is 3.21. The molecule has 0 aliphatic heterocycles. The molecule has 1 aromatic rings. The van der Waals surface area contributed by atoms with Crippen LogP contribution in [0.15, 0.2) is 43.2 Å². The van der Waals surface area contributed by atoms with E-state index in [0.717, 1.165) is 6.26 Å². The quantitative estimate of drug-likeness (QED) is 0.617. The molecule has 0 amide bonds. The van der Waals surface area contributed by atoms with Crippen LogP contribution in [0.3, 0.4) is 0 Å². The van der Waals surface area contributed by atoms with Crippen LogP contribution in [0.5, 0.6) is 0 Å². The number of esters is 1. The number of hydrogen-bond acceptors (Lipinski definition) is 2. The Kier molecular flexibility index (Phi) is 6.53. The third-order valence-corrected chi connectivity index (χ3v) is 1.20. The molecule has 1 radical (unpaired) electrons. The van der Waals surface area contributed by atoms with Crippen LogP contribution in [0.2, 0.25) is 0 Å². The van der Waals surface area contributed by atoms with Crippen LogP contribution in [0, 0.1) is 49.4 Å². The minimum absolute atomic E-state index is 0. The summed E-state index contributed by atoms with van der Waals surface area (Å²) in [5.41, 5.74) is 0.535. The molecule has 0 atom stereocenters.